The zero-order valence-electron chi connectivity index (χ0n) is 7.29. The van der Waals surface area contributed by atoms with Crippen molar-refractivity contribution in [1.29, 1.82) is 0 Å². The van der Waals surface area contributed by atoms with E-state index in [-0.39, 0.29) is 6.03 Å². The fourth-order valence-electron chi connectivity index (χ4n) is 0.765. The molecule has 0 unspecified atom stereocenters. The van der Waals surface area contributed by atoms with Gasteiger partial charge < -0.3 is 4.90 Å². The lowest BCUT2D eigenvalue weighted by atomic mass is 10.7. The van der Waals surface area contributed by atoms with Crippen molar-refractivity contribution < 1.29 is 4.79 Å². The largest absolute Gasteiger partial charge is 0.333 e. The van der Waals surface area contributed by atoms with Gasteiger partial charge in [0.05, 0.1) is 0 Å². The summed E-state index contributed by atoms with van der Waals surface area (Å²) in [6.45, 7) is 3.26. The summed E-state index contributed by atoms with van der Waals surface area (Å²) in [5.41, 5.74) is 0. The molecule has 0 aromatic carbocycles. The lowest BCUT2D eigenvalue weighted by Gasteiger charge is -2.10. The summed E-state index contributed by atoms with van der Waals surface area (Å²) in [6.07, 6.45) is 7.52. The average Bonchev–Trinajstić information content (AvgIpc) is 2.65. The van der Waals surface area contributed by atoms with Crippen LogP contribution in [0.2, 0.25) is 0 Å². The van der Waals surface area contributed by atoms with E-state index in [0.717, 1.165) is 0 Å². The van der Waals surface area contributed by atoms with Crippen molar-refractivity contribution in [3.05, 3.63) is 31.1 Å². The van der Waals surface area contributed by atoms with Crippen LogP contribution in [0.25, 0.3) is 0 Å². The third-order valence-electron chi connectivity index (χ3n) is 1.42. The highest BCUT2D eigenvalue weighted by Crippen LogP contribution is 1.93. The van der Waals surface area contributed by atoms with Crippen LogP contribution in [0.3, 0.4) is 0 Å². The van der Waals surface area contributed by atoms with Crippen molar-refractivity contribution in [1.82, 2.24) is 14.5 Å². The molecule has 0 bridgehead atoms. The summed E-state index contributed by atoms with van der Waals surface area (Å²) in [6, 6.07) is -0.197. The molecule has 68 valence electrons. The Morgan fingerprint density at radius 2 is 2.54 bits per heavy atom. The molecule has 0 aliphatic carbocycles. The van der Waals surface area contributed by atoms with Crippen molar-refractivity contribution in [3.8, 4) is 0 Å². The molecule has 1 heterocycles. The van der Waals surface area contributed by atoms with Crippen LogP contribution in [-0.4, -0.2) is 34.2 Å². The van der Waals surface area contributed by atoms with Gasteiger partial charge in [0, 0.05) is 31.8 Å². The molecular weight excluding hydrogens is 168 g/mol. The van der Waals surface area contributed by atoms with E-state index in [0.29, 0.717) is 0 Å². The highest BCUT2D eigenvalue weighted by molar-refractivity contribution is 5.77. The Labute approximate surface area is 76.0 Å². The minimum Gasteiger partial charge on any atom is -0.302 e. The average molecular weight is 178 g/mol. The van der Waals surface area contributed by atoms with E-state index in [4.69, 9.17) is 0 Å². The standard InChI is InChI=1S/C8H10N4O/c1-9-3-5-11(2)8(13)12-6-4-10-7-12/h3-7H,1H2,2H3. The lowest BCUT2D eigenvalue weighted by Crippen LogP contribution is -2.25. The summed E-state index contributed by atoms with van der Waals surface area (Å²) in [7, 11) is 1.63. The quantitative estimate of drug-likeness (QED) is 0.633. The molecule has 13 heavy (non-hydrogen) atoms. The molecular formula is C8H10N4O. The van der Waals surface area contributed by atoms with Gasteiger partial charge in [-0.2, -0.15) is 0 Å². The third kappa shape index (κ3) is 2.26. The molecule has 0 fully saturated rings. The van der Waals surface area contributed by atoms with Gasteiger partial charge in [0.1, 0.15) is 6.33 Å². The summed E-state index contributed by atoms with van der Waals surface area (Å²) >= 11 is 0. The molecule has 0 saturated carbocycles. The lowest BCUT2D eigenvalue weighted by molar-refractivity contribution is 0.224. The Hall–Kier alpha value is -1.91. The van der Waals surface area contributed by atoms with Crippen LogP contribution in [0.15, 0.2) is 36.1 Å². The van der Waals surface area contributed by atoms with Crippen molar-refractivity contribution in [3.63, 3.8) is 0 Å². The maximum absolute atomic E-state index is 11.4. The Morgan fingerprint density at radius 3 is 3.08 bits per heavy atom. The number of amides is 1. The minimum atomic E-state index is -0.197. The highest BCUT2D eigenvalue weighted by atomic mass is 16.2. The van der Waals surface area contributed by atoms with Crippen LogP contribution in [0, 0.1) is 0 Å². The van der Waals surface area contributed by atoms with Crippen molar-refractivity contribution in [2.75, 3.05) is 7.05 Å². The van der Waals surface area contributed by atoms with Crippen molar-refractivity contribution >= 4 is 12.7 Å². The number of hydrogen-bond donors (Lipinski definition) is 0. The van der Waals surface area contributed by atoms with Gasteiger partial charge in [-0.25, -0.2) is 9.78 Å². The van der Waals surface area contributed by atoms with E-state index >= 15 is 0 Å². The number of rotatable bonds is 2. The Kier molecular flexibility index (Phi) is 2.97. The summed E-state index contributed by atoms with van der Waals surface area (Å²) < 4.78 is 1.37. The SMILES string of the molecule is C=NC=CN(C)C(=O)n1ccnc1. The van der Waals surface area contributed by atoms with Crippen LogP contribution >= 0.6 is 0 Å². The Bertz CT molecular complexity index is 315. The van der Waals surface area contributed by atoms with Crippen molar-refractivity contribution in [2.45, 2.75) is 0 Å². The zero-order valence-corrected chi connectivity index (χ0v) is 7.29. The number of carbonyl (C=O) groups is 1. The van der Waals surface area contributed by atoms with Gasteiger partial charge in [-0.1, -0.05) is 0 Å². The fourth-order valence-corrected chi connectivity index (χ4v) is 0.765. The zero-order chi connectivity index (χ0) is 9.68. The van der Waals surface area contributed by atoms with E-state index in [1.807, 2.05) is 0 Å². The van der Waals surface area contributed by atoms with Gasteiger partial charge >= 0.3 is 6.03 Å². The van der Waals surface area contributed by atoms with Crippen molar-refractivity contribution in [2.24, 2.45) is 4.99 Å². The predicted octanol–water partition coefficient (Wildman–Crippen LogP) is 0.955. The first-order chi connectivity index (χ1) is 6.25. The molecule has 0 radical (unpaired) electrons. The van der Waals surface area contributed by atoms with Gasteiger partial charge in [-0.05, 0) is 6.72 Å². The number of imidazole rings is 1. The Morgan fingerprint density at radius 1 is 1.77 bits per heavy atom. The van der Waals surface area contributed by atoms with Crippen LogP contribution in [0.1, 0.15) is 0 Å². The second kappa shape index (κ2) is 4.20. The first-order valence-corrected chi connectivity index (χ1v) is 3.63. The molecule has 1 aromatic rings. The third-order valence-corrected chi connectivity index (χ3v) is 1.42. The van der Waals surface area contributed by atoms with Gasteiger partial charge in [-0.3, -0.25) is 9.56 Å². The number of aliphatic imine (C=N–C) groups is 1. The normalized spacial score (nSPS) is 10.2. The van der Waals surface area contributed by atoms with Gasteiger partial charge in [0.25, 0.3) is 0 Å². The van der Waals surface area contributed by atoms with E-state index < -0.39 is 0 Å². The minimum absolute atomic E-state index is 0.197. The van der Waals surface area contributed by atoms with Gasteiger partial charge in [-0.15, -0.1) is 0 Å². The first-order valence-electron chi connectivity index (χ1n) is 3.63. The number of hydrogen-bond acceptors (Lipinski definition) is 3. The van der Waals surface area contributed by atoms with Crippen LogP contribution < -0.4 is 0 Å². The summed E-state index contributed by atoms with van der Waals surface area (Å²) in [5, 5.41) is 0. The van der Waals surface area contributed by atoms with E-state index in [1.54, 1.807) is 19.4 Å². The van der Waals surface area contributed by atoms with Crippen LogP contribution in [0.4, 0.5) is 4.79 Å². The van der Waals surface area contributed by atoms with E-state index in [2.05, 4.69) is 16.7 Å². The smallest absolute Gasteiger partial charge is 0.302 e. The first kappa shape index (κ1) is 9.18. The molecule has 1 rings (SSSR count). The number of nitrogens with zero attached hydrogens (tertiary/aromatic N) is 4. The molecule has 5 nitrogen and oxygen atoms in total. The second-order valence-corrected chi connectivity index (χ2v) is 2.34. The predicted molar refractivity (Wildman–Crippen MR) is 49.5 cm³/mol. The molecule has 0 N–H and O–H groups in total. The van der Waals surface area contributed by atoms with Gasteiger partial charge in [0.15, 0.2) is 0 Å². The topological polar surface area (TPSA) is 50.5 Å². The maximum atomic E-state index is 11.4. The van der Waals surface area contributed by atoms with Gasteiger partial charge in [0.2, 0.25) is 0 Å². The van der Waals surface area contributed by atoms with E-state index in [1.165, 1.54) is 28.2 Å². The van der Waals surface area contributed by atoms with E-state index in [9.17, 15) is 4.79 Å². The molecule has 0 aliphatic rings. The second-order valence-electron chi connectivity index (χ2n) is 2.34. The molecule has 0 spiro atoms. The summed E-state index contributed by atoms with van der Waals surface area (Å²) in [5.74, 6) is 0. The molecule has 1 amide bonds. The molecule has 0 aliphatic heterocycles. The Balaban J connectivity index is 2.68. The molecule has 1 aromatic heterocycles. The fraction of sp³-hybridized carbons (Fsp3) is 0.125. The molecule has 0 atom stereocenters. The molecule has 5 heteroatoms. The van der Waals surface area contributed by atoms with Crippen LogP contribution in [0.5, 0.6) is 0 Å². The maximum Gasteiger partial charge on any atom is 0.333 e. The number of carbonyl (C=O) groups excluding carboxylic acids is 1. The highest BCUT2D eigenvalue weighted by Gasteiger charge is 2.06. The monoisotopic (exact) mass is 178 g/mol. The van der Waals surface area contributed by atoms with Crippen LogP contribution in [-0.2, 0) is 0 Å². The molecule has 0 saturated heterocycles. The summed E-state index contributed by atoms with van der Waals surface area (Å²) in [4.78, 5) is 20.1. The number of aromatic nitrogens is 2.